The zero-order valence-electron chi connectivity index (χ0n) is 23.0. The zero-order chi connectivity index (χ0) is 34.2. The quantitative estimate of drug-likeness (QED) is 0.0895. The highest BCUT2D eigenvalue weighted by Gasteiger charge is 2.54. The third-order valence-corrected chi connectivity index (χ3v) is 7.00. The van der Waals surface area contributed by atoms with E-state index in [-0.39, 0.29) is 0 Å². The number of benzene rings is 3. The molecule has 1 aliphatic rings. The summed E-state index contributed by atoms with van der Waals surface area (Å²) in [5.74, 6) is -13.3. The molecule has 0 heterocycles. The van der Waals surface area contributed by atoms with Gasteiger partial charge in [-0.25, -0.2) is 14.4 Å². The molecule has 18 heteroatoms. The molecule has 3 aromatic carbocycles. The number of aliphatic carboxylic acids is 1. The van der Waals surface area contributed by atoms with Crippen LogP contribution in [0.5, 0.6) is 51.7 Å². The predicted octanol–water partition coefficient (Wildman–Crippen LogP) is 0.474. The van der Waals surface area contributed by atoms with E-state index in [1.54, 1.807) is 0 Å². The SMILES string of the molecule is O=C(O[C@@H]1[C@H](OC(=O)c2cc(O)c(O)c(O)c2)C[C@@](O)(C(=O)O)C[C@H]1OC(O)c1cc(O)c(O)c(O)c1)c1cc(O)c(O)c(O)c1. The van der Waals surface area contributed by atoms with E-state index in [1.807, 2.05) is 0 Å². The van der Waals surface area contributed by atoms with Crippen molar-refractivity contribution in [1.82, 2.24) is 0 Å². The van der Waals surface area contributed by atoms with Crippen molar-refractivity contribution in [3.05, 3.63) is 53.1 Å². The summed E-state index contributed by atoms with van der Waals surface area (Å²) in [5.41, 5.74) is -4.44. The Kier molecular flexibility index (Phi) is 8.81. The molecule has 12 N–H and O–H groups in total. The number of aromatic hydroxyl groups is 9. The molecule has 0 aromatic heterocycles. The first-order valence-electron chi connectivity index (χ1n) is 12.9. The number of hydrogen-bond donors (Lipinski definition) is 12. The van der Waals surface area contributed by atoms with E-state index in [1.165, 1.54) is 0 Å². The predicted molar refractivity (Wildman–Crippen MR) is 144 cm³/mol. The highest BCUT2D eigenvalue weighted by molar-refractivity contribution is 5.92. The first-order chi connectivity index (χ1) is 21.4. The fourth-order valence-corrected chi connectivity index (χ4v) is 4.63. The van der Waals surface area contributed by atoms with Crippen LogP contribution in [0, 0.1) is 0 Å². The van der Waals surface area contributed by atoms with Crippen LogP contribution < -0.4 is 0 Å². The van der Waals surface area contributed by atoms with Crippen LogP contribution in [0.3, 0.4) is 0 Å². The molecule has 0 radical (unpaired) electrons. The minimum atomic E-state index is -2.80. The average Bonchev–Trinajstić information content (AvgIpc) is 2.97. The molecule has 0 aliphatic heterocycles. The molecule has 1 fully saturated rings. The Morgan fingerprint density at radius 1 is 0.630 bits per heavy atom. The van der Waals surface area contributed by atoms with Crippen molar-refractivity contribution >= 4 is 17.9 Å². The van der Waals surface area contributed by atoms with Crippen molar-refractivity contribution in [2.45, 2.75) is 43.0 Å². The molecule has 0 saturated heterocycles. The fourth-order valence-electron chi connectivity index (χ4n) is 4.63. The Labute approximate surface area is 256 Å². The Balaban J connectivity index is 1.76. The molecule has 1 unspecified atom stereocenters. The number of esters is 2. The van der Waals surface area contributed by atoms with Crippen LogP contribution in [-0.2, 0) is 19.0 Å². The smallest absolute Gasteiger partial charge is 0.338 e. The molecule has 0 bridgehead atoms. The monoisotopic (exact) mass is 650 g/mol. The van der Waals surface area contributed by atoms with E-state index < -0.39 is 129 Å². The third kappa shape index (κ3) is 6.48. The minimum absolute atomic E-state index is 0.431. The van der Waals surface area contributed by atoms with Crippen molar-refractivity contribution in [2.24, 2.45) is 0 Å². The van der Waals surface area contributed by atoms with Crippen LogP contribution in [-0.4, -0.2) is 103 Å². The molecule has 1 aliphatic carbocycles. The van der Waals surface area contributed by atoms with Crippen molar-refractivity contribution in [1.29, 1.82) is 0 Å². The minimum Gasteiger partial charge on any atom is -0.504 e. The number of carboxylic acid groups (broad SMARTS) is 1. The van der Waals surface area contributed by atoms with Crippen LogP contribution in [0.1, 0.15) is 45.4 Å². The Morgan fingerprint density at radius 3 is 1.41 bits per heavy atom. The fraction of sp³-hybridized carbons (Fsp3) is 0.250. The van der Waals surface area contributed by atoms with E-state index in [0.717, 1.165) is 12.1 Å². The molecule has 4 rings (SSSR count). The molecule has 0 spiro atoms. The number of carbonyl (C=O) groups is 3. The number of phenolic OH excluding ortho intramolecular Hbond substituents is 9. The number of rotatable bonds is 8. The van der Waals surface area contributed by atoms with Gasteiger partial charge in [0.05, 0.1) is 11.1 Å². The molecule has 1 saturated carbocycles. The second-order valence-electron chi connectivity index (χ2n) is 10.2. The number of aliphatic hydroxyl groups excluding tert-OH is 1. The van der Waals surface area contributed by atoms with E-state index in [0.29, 0.717) is 24.3 Å². The summed E-state index contributed by atoms with van der Waals surface area (Å²) in [4.78, 5) is 38.3. The third-order valence-electron chi connectivity index (χ3n) is 7.00. The Bertz CT molecular complexity index is 1630. The maximum absolute atomic E-state index is 13.1. The van der Waals surface area contributed by atoms with Gasteiger partial charge in [-0.1, -0.05) is 0 Å². The lowest BCUT2D eigenvalue weighted by Crippen LogP contribution is -2.59. The van der Waals surface area contributed by atoms with Crippen LogP contribution in [0.4, 0.5) is 0 Å². The van der Waals surface area contributed by atoms with Gasteiger partial charge in [0.15, 0.2) is 69.7 Å². The number of carboxylic acids is 1. The molecular weight excluding hydrogens is 624 g/mol. The van der Waals surface area contributed by atoms with Crippen LogP contribution in [0.25, 0.3) is 0 Å². The molecule has 18 nitrogen and oxygen atoms in total. The first-order valence-corrected chi connectivity index (χ1v) is 12.9. The molecule has 5 atom stereocenters. The normalized spacial score (nSPS) is 21.7. The number of aliphatic hydroxyl groups is 2. The Hall–Kier alpha value is -5.85. The maximum Gasteiger partial charge on any atom is 0.338 e. The van der Waals surface area contributed by atoms with Gasteiger partial charge in [0, 0.05) is 18.4 Å². The lowest BCUT2D eigenvalue weighted by Gasteiger charge is -2.43. The van der Waals surface area contributed by atoms with Gasteiger partial charge in [-0.2, -0.15) is 0 Å². The molecule has 246 valence electrons. The van der Waals surface area contributed by atoms with Gasteiger partial charge < -0.3 is 75.5 Å². The van der Waals surface area contributed by atoms with Crippen LogP contribution in [0.15, 0.2) is 36.4 Å². The molecule has 3 aromatic rings. The summed E-state index contributed by atoms with van der Waals surface area (Å²) in [6.45, 7) is 0. The summed E-state index contributed by atoms with van der Waals surface area (Å²) in [7, 11) is 0. The number of carbonyl (C=O) groups excluding carboxylic acids is 2. The zero-order valence-corrected chi connectivity index (χ0v) is 23.0. The van der Waals surface area contributed by atoms with Crippen LogP contribution in [0.2, 0.25) is 0 Å². The van der Waals surface area contributed by atoms with E-state index >= 15 is 0 Å². The van der Waals surface area contributed by atoms with Gasteiger partial charge in [0.25, 0.3) is 0 Å². The van der Waals surface area contributed by atoms with Gasteiger partial charge in [0.1, 0.15) is 12.2 Å². The lowest BCUT2D eigenvalue weighted by molar-refractivity contribution is -0.229. The van der Waals surface area contributed by atoms with Crippen molar-refractivity contribution < 1.29 is 89.9 Å². The largest absolute Gasteiger partial charge is 0.504 e. The molecule has 46 heavy (non-hydrogen) atoms. The summed E-state index contributed by atoms with van der Waals surface area (Å²) < 4.78 is 16.2. The standard InChI is InChI=1S/C28H26O18/c29-12-1-9(2-13(30)20(12)35)24(38)44-18-7-28(43,27(41)42)8-19(45-25(39)10-3-14(31)21(36)15(32)4-10)23(18)46-26(40)11-5-16(33)22(37)17(34)6-11/h1-6,18-19,23-24,29-38,43H,7-8H2,(H,41,42)/t18-,19-,23+,24?,28-/m1/s1. The second-order valence-corrected chi connectivity index (χ2v) is 10.2. The lowest BCUT2D eigenvalue weighted by atomic mass is 9.79. The topological polar surface area (TPSA) is 322 Å². The Morgan fingerprint density at radius 2 is 1.00 bits per heavy atom. The van der Waals surface area contributed by atoms with E-state index in [2.05, 4.69) is 0 Å². The van der Waals surface area contributed by atoms with Gasteiger partial charge >= 0.3 is 17.9 Å². The summed E-state index contributed by atoms with van der Waals surface area (Å²) in [6.07, 6.45) is -9.99. The van der Waals surface area contributed by atoms with E-state index in [9.17, 15) is 75.7 Å². The number of hydrogen-bond acceptors (Lipinski definition) is 17. The highest BCUT2D eigenvalue weighted by atomic mass is 16.6. The highest BCUT2D eigenvalue weighted by Crippen LogP contribution is 2.42. The molecular formula is C28H26O18. The van der Waals surface area contributed by atoms with Crippen molar-refractivity contribution in [3.8, 4) is 51.7 Å². The summed E-state index contributed by atoms with van der Waals surface area (Å²) in [5, 5.41) is 119. The van der Waals surface area contributed by atoms with Crippen molar-refractivity contribution in [3.63, 3.8) is 0 Å². The first kappa shape index (κ1) is 33.1. The van der Waals surface area contributed by atoms with Crippen LogP contribution >= 0.6 is 0 Å². The second kappa shape index (κ2) is 12.3. The van der Waals surface area contributed by atoms with Gasteiger partial charge in [-0.05, 0) is 36.4 Å². The van der Waals surface area contributed by atoms with Gasteiger partial charge in [0.2, 0.25) is 0 Å². The average molecular weight is 650 g/mol. The number of phenols is 9. The number of ether oxygens (including phenoxy) is 3. The van der Waals surface area contributed by atoms with Gasteiger partial charge in [-0.3, -0.25) is 0 Å². The summed E-state index contributed by atoms with van der Waals surface area (Å²) >= 11 is 0. The van der Waals surface area contributed by atoms with Crippen molar-refractivity contribution in [2.75, 3.05) is 0 Å². The molecule has 0 amide bonds. The maximum atomic E-state index is 13.1. The summed E-state index contributed by atoms with van der Waals surface area (Å²) in [6, 6.07) is 4.15. The van der Waals surface area contributed by atoms with Gasteiger partial charge in [-0.15, -0.1) is 0 Å². The van der Waals surface area contributed by atoms with E-state index in [4.69, 9.17) is 14.2 Å².